The largest absolute Gasteiger partial charge is 0.445 e. The highest BCUT2D eigenvalue weighted by atomic mass is 32.1. The van der Waals surface area contributed by atoms with E-state index in [1.54, 1.807) is 36.4 Å². The van der Waals surface area contributed by atoms with Gasteiger partial charge in [-0.05, 0) is 42.0 Å². The van der Waals surface area contributed by atoms with Crippen molar-refractivity contribution in [2.45, 2.75) is 6.61 Å². The molecule has 0 radical (unpaired) electrons. The highest BCUT2D eigenvalue weighted by Crippen LogP contribution is 2.29. The number of thiazole rings is 1. The third-order valence-electron chi connectivity index (χ3n) is 3.72. The molecule has 3 aromatic rings. The van der Waals surface area contributed by atoms with Crippen LogP contribution in [0.15, 0.2) is 53.9 Å². The standard InChI is InChI=1S/C18H17FN4O4S/c1-20-18(24)27-10-12-2-8-15(9-3-12)22-23(25,26)16-11-28-17(21-16)13-4-6-14(19)7-5-13/h2-9,11,22,25-26H,10H2,1H3/p+1. The second kappa shape index (κ2) is 8.31. The first-order valence-electron chi connectivity index (χ1n) is 8.16. The summed E-state index contributed by atoms with van der Waals surface area (Å²) in [4.78, 5) is 13.6. The summed E-state index contributed by atoms with van der Waals surface area (Å²) in [6.07, 6.45) is -0.538. The number of ether oxygens (including phenoxy) is 1. The van der Waals surface area contributed by atoms with Crippen LogP contribution in [0.1, 0.15) is 5.56 Å². The van der Waals surface area contributed by atoms with Gasteiger partial charge in [0.05, 0.1) is 11.1 Å². The number of rotatable bonds is 6. The molecule has 0 fully saturated rings. The maximum absolute atomic E-state index is 13.0. The van der Waals surface area contributed by atoms with E-state index >= 15 is 0 Å². The van der Waals surface area contributed by atoms with E-state index in [1.807, 2.05) is 0 Å². The number of alkyl carbamates (subject to hydrolysis) is 1. The molecule has 0 bridgehead atoms. The lowest BCUT2D eigenvalue weighted by Gasteiger charge is -2.18. The van der Waals surface area contributed by atoms with Crippen LogP contribution < -0.4 is 15.7 Å². The second-order valence-corrected chi connectivity index (χ2v) is 6.61. The summed E-state index contributed by atoms with van der Waals surface area (Å²) in [6.45, 7) is 0.0886. The molecule has 1 heterocycles. The molecule has 10 heteroatoms. The molecule has 146 valence electrons. The predicted octanol–water partition coefficient (Wildman–Crippen LogP) is 3.92. The number of carbonyl (C=O) groups excluding carboxylic acids is 1. The first-order valence-corrected chi connectivity index (χ1v) is 9.03. The van der Waals surface area contributed by atoms with E-state index < -0.39 is 11.0 Å². The summed E-state index contributed by atoms with van der Waals surface area (Å²) in [5.41, 5.74) is 4.33. The van der Waals surface area contributed by atoms with Crippen LogP contribution in [0.5, 0.6) is 0 Å². The number of nitrogens with one attached hydrogen (secondary N) is 2. The Hall–Kier alpha value is -3.05. The van der Waals surface area contributed by atoms with Crippen molar-refractivity contribution in [1.29, 1.82) is 0 Å². The monoisotopic (exact) mass is 405 g/mol. The third-order valence-corrected chi connectivity index (χ3v) is 4.59. The molecule has 8 nitrogen and oxygen atoms in total. The maximum atomic E-state index is 13.0. The number of carbonyl (C=O) groups is 1. The van der Waals surface area contributed by atoms with Gasteiger partial charge >= 0.3 is 11.9 Å². The number of hydrogen-bond donors (Lipinski definition) is 4. The van der Waals surface area contributed by atoms with E-state index in [-0.39, 0.29) is 18.2 Å². The quantitative estimate of drug-likeness (QED) is 0.366. The van der Waals surface area contributed by atoms with Gasteiger partial charge in [0.25, 0.3) is 0 Å². The van der Waals surface area contributed by atoms with Crippen molar-refractivity contribution < 1.29 is 24.3 Å². The molecular formula is C18H18FN4O4S+. The van der Waals surface area contributed by atoms with Crippen LogP contribution in [0.3, 0.4) is 0 Å². The number of halogens is 1. The number of nitrogens with zero attached hydrogens (tertiary/aromatic N) is 2. The first-order chi connectivity index (χ1) is 13.4. The molecule has 0 aliphatic carbocycles. The Morgan fingerprint density at radius 2 is 1.86 bits per heavy atom. The summed E-state index contributed by atoms with van der Waals surface area (Å²) >= 11 is 1.20. The Kier molecular flexibility index (Phi) is 5.85. The summed E-state index contributed by atoms with van der Waals surface area (Å²) in [5.74, 6) is -0.405. The fraction of sp³-hybridized carbons (Fsp3) is 0.111. The summed E-state index contributed by atoms with van der Waals surface area (Å²) in [7, 11) is 1.47. The average Bonchev–Trinajstić information content (AvgIpc) is 3.19. The maximum Gasteiger partial charge on any atom is 0.407 e. The van der Waals surface area contributed by atoms with E-state index in [4.69, 9.17) is 4.74 Å². The smallest absolute Gasteiger partial charge is 0.407 e. The normalized spacial score (nSPS) is 11.1. The van der Waals surface area contributed by atoms with Gasteiger partial charge in [-0.25, -0.2) is 9.18 Å². The topological polar surface area (TPSA) is 104 Å². The average molecular weight is 405 g/mol. The summed E-state index contributed by atoms with van der Waals surface area (Å²) in [5, 5.41) is 25.0. The van der Waals surface area contributed by atoms with Crippen LogP contribution in [-0.2, 0) is 11.3 Å². The van der Waals surface area contributed by atoms with E-state index in [0.717, 1.165) is 5.56 Å². The number of amides is 1. The third kappa shape index (κ3) is 4.81. The van der Waals surface area contributed by atoms with E-state index in [2.05, 4.69) is 15.7 Å². The van der Waals surface area contributed by atoms with Gasteiger partial charge in [0.1, 0.15) is 22.4 Å². The van der Waals surface area contributed by atoms with Crippen LogP contribution in [0.2, 0.25) is 0 Å². The van der Waals surface area contributed by atoms with Gasteiger partial charge in [0.15, 0.2) is 0 Å². The Morgan fingerprint density at radius 3 is 2.50 bits per heavy atom. The number of anilines is 1. The molecule has 4 N–H and O–H groups in total. The van der Waals surface area contributed by atoms with E-state index in [1.165, 1.54) is 35.9 Å². The minimum absolute atomic E-state index is 0.0450. The highest BCUT2D eigenvalue weighted by molar-refractivity contribution is 7.13. The van der Waals surface area contributed by atoms with Crippen LogP contribution in [-0.4, -0.2) is 28.5 Å². The van der Waals surface area contributed by atoms with Crippen molar-refractivity contribution in [3.8, 4) is 10.6 Å². The van der Waals surface area contributed by atoms with Crippen molar-refractivity contribution in [2.24, 2.45) is 0 Å². The molecule has 0 saturated heterocycles. The molecule has 1 aromatic heterocycles. The molecule has 1 amide bonds. The number of hydrogen-bond acceptors (Lipinski definition) is 7. The lowest BCUT2D eigenvalue weighted by molar-refractivity contribution is -0.274. The van der Waals surface area contributed by atoms with Crippen LogP contribution >= 0.6 is 11.3 Å². The van der Waals surface area contributed by atoms with Gasteiger partial charge in [-0.2, -0.15) is 10.4 Å². The predicted molar refractivity (Wildman–Crippen MR) is 102 cm³/mol. The molecule has 0 unspecified atom stereocenters. The zero-order valence-corrected chi connectivity index (χ0v) is 15.6. The van der Waals surface area contributed by atoms with E-state index in [9.17, 15) is 19.6 Å². The Morgan fingerprint density at radius 1 is 1.18 bits per heavy atom. The fourth-order valence-corrected chi connectivity index (χ4v) is 3.10. The van der Waals surface area contributed by atoms with Crippen molar-refractivity contribution in [2.75, 3.05) is 12.5 Å². The molecular weight excluding hydrogens is 387 g/mol. The molecule has 0 saturated carbocycles. The number of benzene rings is 2. The Bertz CT molecular complexity index is 945. The van der Waals surface area contributed by atoms with Gasteiger partial charge in [-0.1, -0.05) is 12.1 Å². The molecule has 0 aliphatic heterocycles. The van der Waals surface area contributed by atoms with Gasteiger partial charge in [0.2, 0.25) is 0 Å². The zero-order valence-electron chi connectivity index (χ0n) is 14.8. The van der Waals surface area contributed by atoms with Crippen molar-refractivity contribution in [3.05, 3.63) is 65.3 Å². The zero-order chi connectivity index (χ0) is 20.1. The van der Waals surface area contributed by atoms with Crippen LogP contribution in [0.25, 0.3) is 10.6 Å². The minimum atomic E-state index is -1.66. The number of aromatic nitrogens is 1. The van der Waals surface area contributed by atoms with Crippen molar-refractivity contribution in [1.82, 2.24) is 15.2 Å². The van der Waals surface area contributed by atoms with Gasteiger partial charge in [-0.3, -0.25) is 0 Å². The lowest BCUT2D eigenvalue weighted by atomic mass is 10.2. The number of quaternary nitrogens is 1. The van der Waals surface area contributed by atoms with Crippen LogP contribution in [0, 0.1) is 5.82 Å². The van der Waals surface area contributed by atoms with E-state index in [0.29, 0.717) is 16.3 Å². The summed E-state index contributed by atoms with van der Waals surface area (Å²) in [6, 6.07) is 12.3. The van der Waals surface area contributed by atoms with Crippen LogP contribution in [0.4, 0.5) is 20.7 Å². The molecule has 3 rings (SSSR count). The molecule has 2 aromatic carbocycles. The first kappa shape index (κ1) is 19.7. The Labute approximate surface area is 163 Å². The second-order valence-electron chi connectivity index (χ2n) is 5.75. The fourth-order valence-electron chi connectivity index (χ4n) is 2.27. The van der Waals surface area contributed by atoms with Crippen molar-refractivity contribution >= 4 is 28.9 Å². The molecule has 0 spiro atoms. The molecule has 0 aliphatic rings. The minimum Gasteiger partial charge on any atom is -0.445 e. The SMILES string of the molecule is CNC(=O)OCc1ccc(N[N+](O)(O)c2csc(-c3ccc(F)cc3)n2)cc1. The Balaban J connectivity index is 1.68. The van der Waals surface area contributed by atoms with Crippen molar-refractivity contribution in [3.63, 3.8) is 0 Å². The summed E-state index contributed by atoms with van der Waals surface area (Å²) < 4.78 is 18.0. The lowest BCUT2D eigenvalue weighted by Crippen LogP contribution is -2.48. The van der Waals surface area contributed by atoms with Gasteiger partial charge in [0, 0.05) is 12.6 Å². The van der Waals surface area contributed by atoms with Gasteiger partial charge in [-0.15, -0.1) is 21.8 Å². The molecule has 28 heavy (non-hydrogen) atoms. The molecule has 0 atom stereocenters. The van der Waals surface area contributed by atoms with Gasteiger partial charge < -0.3 is 10.1 Å². The highest BCUT2D eigenvalue weighted by Gasteiger charge is 2.31.